The number of amides is 1. The van der Waals surface area contributed by atoms with Crippen molar-refractivity contribution in [2.75, 3.05) is 39.4 Å². The van der Waals surface area contributed by atoms with E-state index < -0.39 is 6.09 Å². The van der Waals surface area contributed by atoms with E-state index >= 15 is 0 Å². The van der Waals surface area contributed by atoms with Crippen molar-refractivity contribution in [2.24, 2.45) is 0 Å². The summed E-state index contributed by atoms with van der Waals surface area (Å²) in [5.74, 6) is 2.48. The van der Waals surface area contributed by atoms with Crippen LogP contribution in [0.15, 0.2) is 0 Å². The largest absolute Gasteiger partial charge is 0.421 e. The Morgan fingerprint density at radius 2 is 2.27 bits per heavy atom. The van der Waals surface area contributed by atoms with Crippen LogP contribution < -0.4 is 5.32 Å². The summed E-state index contributed by atoms with van der Waals surface area (Å²) in [7, 11) is 0. The Kier molecular flexibility index (Phi) is 5.59. The average molecular weight is 212 g/mol. The van der Waals surface area contributed by atoms with Gasteiger partial charge < -0.3 is 14.8 Å². The maximum atomic E-state index is 11.0. The van der Waals surface area contributed by atoms with Gasteiger partial charge in [-0.25, -0.2) is 4.79 Å². The number of hydrogen-bond donors (Lipinski definition) is 1. The van der Waals surface area contributed by atoms with Crippen LogP contribution in [0.3, 0.4) is 0 Å². The van der Waals surface area contributed by atoms with Crippen molar-refractivity contribution in [3.8, 4) is 12.0 Å². The maximum Gasteiger partial charge on any atom is 0.421 e. The summed E-state index contributed by atoms with van der Waals surface area (Å²) in [6.07, 6.45) is 1.75. The van der Waals surface area contributed by atoms with Crippen LogP contribution in [0.25, 0.3) is 0 Å². The third kappa shape index (κ3) is 5.25. The highest BCUT2D eigenvalue weighted by atomic mass is 16.5. The molecule has 0 aliphatic carbocycles. The fourth-order valence-electron chi connectivity index (χ4n) is 1.27. The van der Waals surface area contributed by atoms with Gasteiger partial charge in [0.1, 0.15) is 6.11 Å². The highest BCUT2D eigenvalue weighted by Crippen LogP contribution is 1.94. The summed E-state index contributed by atoms with van der Waals surface area (Å²) in [6, 6.07) is 0. The molecule has 0 saturated carbocycles. The molecule has 1 rings (SSSR count). The summed E-state index contributed by atoms with van der Waals surface area (Å²) in [6.45, 7) is 6.39. The minimum Gasteiger partial charge on any atom is -0.379 e. The summed E-state index contributed by atoms with van der Waals surface area (Å²) in [4.78, 5) is 13.2. The van der Waals surface area contributed by atoms with Crippen molar-refractivity contribution in [3.05, 3.63) is 0 Å². The molecule has 1 heterocycles. The van der Waals surface area contributed by atoms with E-state index in [-0.39, 0.29) is 0 Å². The number of carbonyl (C=O) groups is 1. The first-order chi connectivity index (χ1) is 7.33. The van der Waals surface area contributed by atoms with Crippen molar-refractivity contribution in [3.63, 3.8) is 0 Å². The molecule has 5 heteroatoms. The number of rotatable bonds is 3. The van der Waals surface area contributed by atoms with E-state index in [4.69, 9.17) is 4.74 Å². The number of ether oxygens (including phenoxy) is 2. The van der Waals surface area contributed by atoms with Gasteiger partial charge in [-0.05, 0) is 0 Å². The van der Waals surface area contributed by atoms with Gasteiger partial charge in [0.2, 0.25) is 0 Å². The number of carbonyl (C=O) groups excluding carboxylic acids is 1. The standard InChI is InChI=1S/C10H16N2O3/c1-2-7-15-10(13)11-3-4-12-5-8-14-9-6-12/h3-6,8-9H2,1H3,(H,11,13). The van der Waals surface area contributed by atoms with Crippen LogP contribution in [0, 0.1) is 12.0 Å². The summed E-state index contributed by atoms with van der Waals surface area (Å²) >= 11 is 0. The molecular weight excluding hydrogens is 196 g/mol. The number of alkyl carbamates (subject to hydrolysis) is 1. The predicted octanol–water partition coefficient (Wildman–Crippen LogP) is 0.0256. The fourth-order valence-corrected chi connectivity index (χ4v) is 1.27. The van der Waals surface area contributed by atoms with E-state index in [1.807, 2.05) is 0 Å². The third-order valence-corrected chi connectivity index (χ3v) is 2.05. The van der Waals surface area contributed by atoms with Crippen LogP contribution in [-0.4, -0.2) is 50.4 Å². The van der Waals surface area contributed by atoms with Crippen molar-refractivity contribution >= 4 is 6.09 Å². The van der Waals surface area contributed by atoms with Crippen molar-refractivity contribution in [1.29, 1.82) is 0 Å². The molecule has 0 radical (unpaired) electrons. The Hall–Kier alpha value is -1.25. The summed E-state index contributed by atoms with van der Waals surface area (Å²) in [5.41, 5.74) is 0. The molecule has 0 unspecified atom stereocenters. The SMILES string of the molecule is CC#COC(=O)NCCN1CCOCC1. The van der Waals surface area contributed by atoms with E-state index in [2.05, 4.69) is 27.0 Å². The van der Waals surface area contributed by atoms with Crippen molar-refractivity contribution in [1.82, 2.24) is 10.2 Å². The second kappa shape index (κ2) is 7.10. The zero-order chi connectivity index (χ0) is 10.9. The molecule has 1 aliphatic heterocycles. The Morgan fingerprint density at radius 3 is 2.93 bits per heavy atom. The number of morpholine rings is 1. The minimum atomic E-state index is -0.488. The highest BCUT2D eigenvalue weighted by molar-refractivity contribution is 5.68. The van der Waals surface area contributed by atoms with E-state index in [1.54, 1.807) is 6.92 Å². The lowest BCUT2D eigenvalue weighted by Gasteiger charge is -2.26. The van der Waals surface area contributed by atoms with Crippen LogP contribution in [0.2, 0.25) is 0 Å². The second-order valence-electron chi connectivity index (χ2n) is 3.12. The number of nitrogens with zero attached hydrogens (tertiary/aromatic N) is 1. The molecule has 0 aromatic rings. The Labute approximate surface area is 89.7 Å². The predicted molar refractivity (Wildman–Crippen MR) is 55.2 cm³/mol. The van der Waals surface area contributed by atoms with E-state index in [1.165, 1.54) is 0 Å². The molecule has 0 atom stereocenters. The Balaban J connectivity index is 2.03. The Bertz CT molecular complexity index is 251. The molecule has 0 aromatic heterocycles. The molecule has 1 N–H and O–H groups in total. The van der Waals surface area contributed by atoms with Crippen LogP contribution in [-0.2, 0) is 9.47 Å². The molecule has 0 spiro atoms. The van der Waals surface area contributed by atoms with E-state index in [9.17, 15) is 4.79 Å². The lowest BCUT2D eigenvalue weighted by atomic mass is 10.4. The molecule has 1 aliphatic rings. The molecule has 84 valence electrons. The first kappa shape index (κ1) is 11.8. The zero-order valence-electron chi connectivity index (χ0n) is 8.91. The molecule has 1 fully saturated rings. The second-order valence-corrected chi connectivity index (χ2v) is 3.12. The average Bonchev–Trinajstić information content (AvgIpc) is 2.28. The summed E-state index contributed by atoms with van der Waals surface area (Å²) < 4.78 is 9.73. The molecule has 0 bridgehead atoms. The first-order valence-electron chi connectivity index (χ1n) is 4.99. The minimum absolute atomic E-state index is 0.488. The smallest absolute Gasteiger partial charge is 0.379 e. The summed E-state index contributed by atoms with van der Waals surface area (Å²) in [5, 5.41) is 2.62. The zero-order valence-corrected chi connectivity index (χ0v) is 8.91. The molecule has 5 nitrogen and oxygen atoms in total. The maximum absolute atomic E-state index is 11.0. The molecular formula is C10H16N2O3. The van der Waals surface area contributed by atoms with Gasteiger partial charge in [0, 0.05) is 33.1 Å². The first-order valence-corrected chi connectivity index (χ1v) is 4.99. The van der Waals surface area contributed by atoms with Crippen LogP contribution in [0.1, 0.15) is 6.92 Å². The van der Waals surface area contributed by atoms with Gasteiger partial charge in [-0.3, -0.25) is 4.90 Å². The van der Waals surface area contributed by atoms with Gasteiger partial charge in [0.15, 0.2) is 0 Å². The van der Waals surface area contributed by atoms with Gasteiger partial charge in [0.05, 0.1) is 13.2 Å². The molecule has 0 aromatic carbocycles. The van der Waals surface area contributed by atoms with Gasteiger partial charge in [-0.2, -0.15) is 0 Å². The van der Waals surface area contributed by atoms with Crippen molar-refractivity contribution < 1.29 is 14.3 Å². The third-order valence-electron chi connectivity index (χ3n) is 2.05. The van der Waals surface area contributed by atoms with Crippen LogP contribution in [0.5, 0.6) is 0 Å². The van der Waals surface area contributed by atoms with E-state index in [0.29, 0.717) is 6.54 Å². The van der Waals surface area contributed by atoms with E-state index in [0.717, 1.165) is 32.8 Å². The molecule has 15 heavy (non-hydrogen) atoms. The molecule has 1 saturated heterocycles. The fraction of sp³-hybridized carbons (Fsp3) is 0.700. The molecule has 1 amide bonds. The highest BCUT2D eigenvalue weighted by Gasteiger charge is 2.09. The topological polar surface area (TPSA) is 50.8 Å². The number of hydrogen-bond acceptors (Lipinski definition) is 4. The van der Waals surface area contributed by atoms with Gasteiger partial charge in [-0.15, -0.1) is 0 Å². The normalized spacial score (nSPS) is 16.3. The Morgan fingerprint density at radius 1 is 1.53 bits per heavy atom. The van der Waals surface area contributed by atoms with Crippen LogP contribution in [0.4, 0.5) is 4.79 Å². The quantitative estimate of drug-likeness (QED) is 0.670. The number of nitrogens with one attached hydrogen (secondary N) is 1. The monoisotopic (exact) mass is 212 g/mol. The van der Waals surface area contributed by atoms with Crippen molar-refractivity contribution in [2.45, 2.75) is 6.92 Å². The van der Waals surface area contributed by atoms with Crippen LogP contribution >= 0.6 is 0 Å². The van der Waals surface area contributed by atoms with Gasteiger partial charge in [-0.1, -0.05) is 5.92 Å². The van der Waals surface area contributed by atoms with Gasteiger partial charge in [0.25, 0.3) is 0 Å². The lowest BCUT2D eigenvalue weighted by Crippen LogP contribution is -2.41. The lowest BCUT2D eigenvalue weighted by molar-refractivity contribution is 0.0385. The van der Waals surface area contributed by atoms with Gasteiger partial charge >= 0.3 is 6.09 Å².